The van der Waals surface area contributed by atoms with Crippen LogP contribution in [0.15, 0.2) is 30.5 Å². The van der Waals surface area contributed by atoms with Crippen molar-refractivity contribution in [2.75, 3.05) is 6.54 Å². The standard InChI is InChI=1S/C15H20ClN3O/c1-3-7-17-9-12-5-4-6-13(8-12)20-11-15-18-10-14(16)19(15)2/h4-6,8,10,17H,3,7,9,11H2,1-2H3. The Morgan fingerprint density at radius 3 is 2.95 bits per heavy atom. The van der Waals surface area contributed by atoms with Crippen LogP contribution < -0.4 is 10.1 Å². The minimum Gasteiger partial charge on any atom is -0.486 e. The fourth-order valence-corrected chi connectivity index (χ4v) is 2.01. The van der Waals surface area contributed by atoms with E-state index in [2.05, 4.69) is 23.3 Å². The number of rotatable bonds is 7. The van der Waals surface area contributed by atoms with Crippen molar-refractivity contribution < 1.29 is 4.74 Å². The van der Waals surface area contributed by atoms with Crippen LogP contribution in [0.25, 0.3) is 0 Å². The first kappa shape index (κ1) is 14.9. The van der Waals surface area contributed by atoms with E-state index in [9.17, 15) is 0 Å². The lowest BCUT2D eigenvalue weighted by atomic mass is 10.2. The van der Waals surface area contributed by atoms with Crippen LogP contribution in [0.4, 0.5) is 0 Å². The Hall–Kier alpha value is -1.52. The van der Waals surface area contributed by atoms with Gasteiger partial charge in [0.2, 0.25) is 0 Å². The summed E-state index contributed by atoms with van der Waals surface area (Å²) in [6, 6.07) is 8.10. The van der Waals surface area contributed by atoms with Crippen LogP contribution in [0.1, 0.15) is 24.7 Å². The minimum atomic E-state index is 0.412. The van der Waals surface area contributed by atoms with E-state index in [1.54, 1.807) is 6.20 Å². The van der Waals surface area contributed by atoms with E-state index in [0.29, 0.717) is 11.8 Å². The van der Waals surface area contributed by atoms with Gasteiger partial charge >= 0.3 is 0 Å². The Morgan fingerprint density at radius 1 is 1.40 bits per heavy atom. The van der Waals surface area contributed by atoms with Gasteiger partial charge in [-0.25, -0.2) is 4.98 Å². The fraction of sp³-hybridized carbons (Fsp3) is 0.400. The summed E-state index contributed by atoms with van der Waals surface area (Å²) >= 11 is 5.94. The lowest BCUT2D eigenvalue weighted by molar-refractivity contribution is 0.291. The van der Waals surface area contributed by atoms with Crippen molar-refractivity contribution >= 4 is 11.6 Å². The molecule has 0 fully saturated rings. The molecule has 0 aliphatic rings. The van der Waals surface area contributed by atoms with Crippen molar-refractivity contribution in [3.63, 3.8) is 0 Å². The lowest BCUT2D eigenvalue weighted by Crippen LogP contribution is -2.13. The molecule has 4 nitrogen and oxygen atoms in total. The number of imidazole rings is 1. The van der Waals surface area contributed by atoms with Crippen LogP contribution >= 0.6 is 11.6 Å². The van der Waals surface area contributed by atoms with Crippen LogP contribution in [0, 0.1) is 0 Å². The molecular formula is C15H20ClN3O. The molecule has 1 heterocycles. The highest BCUT2D eigenvalue weighted by molar-refractivity contribution is 6.29. The number of hydrogen-bond donors (Lipinski definition) is 1. The van der Waals surface area contributed by atoms with E-state index in [1.165, 1.54) is 5.56 Å². The van der Waals surface area contributed by atoms with E-state index < -0.39 is 0 Å². The zero-order valence-corrected chi connectivity index (χ0v) is 12.7. The maximum Gasteiger partial charge on any atom is 0.147 e. The summed E-state index contributed by atoms with van der Waals surface area (Å²) in [6.07, 6.45) is 2.77. The van der Waals surface area contributed by atoms with Gasteiger partial charge in [0.25, 0.3) is 0 Å². The van der Waals surface area contributed by atoms with E-state index in [1.807, 2.05) is 29.8 Å². The van der Waals surface area contributed by atoms with Crippen molar-refractivity contribution in [3.05, 3.63) is 47.0 Å². The zero-order valence-electron chi connectivity index (χ0n) is 11.9. The molecule has 0 atom stereocenters. The highest BCUT2D eigenvalue weighted by atomic mass is 35.5. The topological polar surface area (TPSA) is 39.1 Å². The number of aromatic nitrogens is 2. The van der Waals surface area contributed by atoms with Crippen LogP contribution in [0.5, 0.6) is 5.75 Å². The SMILES string of the molecule is CCCNCc1cccc(OCc2ncc(Cl)n2C)c1. The van der Waals surface area contributed by atoms with Crippen LogP contribution in [-0.2, 0) is 20.2 Å². The Kier molecular flexibility index (Phi) is 5.44. The zero-order chi connectivity index (χ0) is 14.4. The molecule has 2 rings (SSSR count). The average molecular weight is 294 g/mol. The number of nitrogens with one attached hydrogen (secondary N) is 1. The second kappa shape index (κ2) is 7.31. The van der Waals surface area contributed by atoms with E-state index >= 15 is 0 Å². The molecule has 0 aliphatic carbocycles. The van der Waals surface area contributed by atoms with E-state index in [4.69, 9.17) is 16.3 Å². The van der Waals surface area contributed by atoms with Gasteiger partial charge in [-0.15, -0.1) is 0 Å². The van der Waals surface area contributed by atoms with E-state index in [-0.39, 0.29) is 0 Å². The molecule has 0 aliphatic heterocycles. The summed E-state index contributed by atoms with van der Waals surface area (Å²) in [6.45, 7) is 4.45. The second-order valence-corrected chi connectivity index (χ2v) is 5.06. The van der Waals surface area contributed by atoms with E-state index in [0.717, 1.165) is 31.1 Å². The van der Waals surface area contributed by atoms with Gasteiger partial charge in [-0.1, -0.05) is 30.7 Å². The maximum absolute atomic E-state index is 5.94. The minimum absolute atomic E-state index is 0.412. The summed E-state index contributed by atoms with van der Waals surface area (Å²) in [7, 11) is 1.87. The Labute approximate surface area is 124 Å². The first-order valence-electron chi connectivity index (χ1n) is 6.79. The average Bonchev–Trinajstić information content (AvgIpc) is 2.77. The molecule has 1 aromatic heterocycles. The molecule has 0 bridgehead atoms. The van der Waals surface area contributed by atoms with Crippen LogP contribution in [0.2, 0.25) is 5.15 Å². The summed E-state index contributed by atoms with van der Waals surface area (Å²) in [5.74, 6) is 1.66. The summed E-state index contributed by atoms with van der Waals surface area (Å²) in [5.41, 5.74) is 1.22. The molecular weight excluding hydrogens is 274 g/mol. The van der Waals surface area contributed by atoms with Crippen molar-refractivity contribution in [2.24, 2.45) is 7.05 Å². The van der Waals surface area contributed by atoms with Crippen molar-refractivity contribution in [2.45, 2.75) is 26.5 Å². The molecule has 2 aromatic rings. The first-order valence-corrected chi connectivity index (χ1v) is 7.17. The third-order valence-corrected chi connectivity index (χ3v) is 3.40. The number of hydrogen-bond acceptors (Lipinski definition) is 3. The van der Waals surface area contributed by atoms with Crippen LogP contribution in [0.3, 0.4) is 0 Å². The molecule has 0 radical (unpaired) electrons. The predicted octanol–water partition coefficient (Wildman–Crippen LogP) is 3.15. The second-order valence-electron chi connectivity index (χ2n) is 4.67. The largest absolute Gasteiger partial charge is 0.486 e. The van der Waals surface area contributed by atoms with Crippen molar-refractivity contribution in [1.29, 1.82) is 0 Å². The predicted molar refractivity (Wildman–Crippen MR) is 81.0 cm³/mol. The van der Waals surface area contributed by atoms with Gasteiger partial charge in [0.05, 0.1) is 6.20 Å². The lowest BCUT2D eigenvalue weighted by Gasteiger charge is -2.09. The maximum atomic E-state index is 5.94. The molecule has 0 amide bonds. The number of nitrogens with zero attached hydrogens (tertiary/aromatic N) is 2. The molecule has 1 aromatic carbocycles. The normalized spacial score (nSPS) is 10.8. The number of halogens is 1. The van der Waals surface area contributed by atoms with Gasteiger partial charge in [0, 0.05) is 13.6 Å². The highest BCUT2D eigenvalue weighted by Crippen LogP contribution is 2.16. The molecule has 0 spiro atoms. The fourth-order valence-electron chi connectivity index (χ4n) is 1.86. The van der Waals surface area contributed by atoms with Gasteiger partial charge in [-0.2, -0.15) is 0 Å². The molecule has 20 heavy (non-hydrogen) atoms. The van der Waals surface area contributed by atoms with Crippen molar-refractivity contribution in [1.82, 2.24) is 14.9 Å². The molecule has 0 saturated heterocycles. The number of benzene rings is 1. The highest BCUT2D eigenvalue weighted by Gasteiger charge is 2.05. The quantitative estimate of drug-likeness (QED) is 0.797. The third-order valence-electron chi connectivity index (χ3n) is 3.05. The van der Waals surface area contributed by atoms with Gasteiger partial charge < -0.3 is 14.6 Å². The Morgan fingerprint density at radius 2 is 2.25 bits per heavy atom. The first-order chi connectivity index (χ1) is 9.70. The van der Waals surface area contributed by atoms with Gasteiger partial charge in [-0.05, 0) is 30.7 Å². The third kappa shape index (κ3) is 3.99. The Bertz CT molecular complexity index is 554. The monoisotopic (exact) mass is 293 g/mol. The number of ether oxygens (including phenoxy) is 1. The van der Waals surface area contributed by atoms with Crippen molar-refractivity contribution in [3.8, 4) is 5.75 Å². The van der Waals surface area contributed by atoms with Gasteiger partial charge in [0.15, 0.2) is 0 Å². The Balaban J connectivity index is 1.92. The summed E-state index contributed by atoms with van der Waals surface area (Å²) < 4.78 is 7.58. The molecule has 1 N–H and O–H groups in total. The molecule has 0 unspecified atom stereocenters. The van der Waals surface area contributed by atoms with Gasteiger partial charge in [0.1, 0.15) is 23.3 Å². The molecule has 0 saturated carbocycles. The molecule has 108 valence electrons. The summed E-state index contributed by atoms with van der Waals surface area (Å²) in [4.78, 5) is 4.21. The van der Waals surface area contributed by atoms with Crippen LogP contribution in [-0.4, -0.2) is 16.1 Å². The molecule has 5 heteroatoms. The smallest absolute Gasteiger partial charge is 0.147 e. The van der Waals surface area contributed by atoms with Gasteiger partial charge in [-0.3, -0.25) is 0 Å². The summed E-state index contributed by atoms with van der Waals surface area (Å²) in [5, 5.41) is 3.99.